The molecule has 3 aromatic carbocycles. The third kappa shape index (κ3) is 8.60. The first-order chi connectivity index (χ1) is 21.7. The van der Waals surface area contributed by atoms with Gasteiger partial charge in [0.25, 0.3) is 10.1 Å². The van der Waals surface area contributed by atoms with Crippen LogP contribution in [0.3, 0.4) is 0 Å². The van der Waals surface area contributed by atoms with Crippen LogP contribution in [0, 0.1) is 13.8 Å². The molecular formula is C35H44N2O8S+2. The number of benzene rings is 3. The molecule has 4 aromatic rings. The Hall–Kier alpha value is -4.06. The number of carbonyl (C=O) groups excluding carboxylic acids is 1. The minimum atomic E-state index is -4.15. The Balaban J connectivity index is 1.77. The number of fused-ring (bicyclic) bond motifs is 2. The molecule has 0 fully saturated rings. The van der Waals surface area contributed by atoms with Gasteiger partial charge in [0.05, 0.1) is 61.4 Å². The van der Waals surface area contributed by atoms with Crippen LogP contribution in [0.25, 0.3) is 21.8 Å². The van der Waals surface area contributed by atoms with E-state index in [2.05, 4.69) is 21.0 Å². The number of esters is 1. The molecule has 1 heterocycles. The molecule has 0 saturated heterocycles. The number of carboxylic acid groups (broad SMARTS) is 1. The fourth-order valence-corrected chi connectivity index (χ4v) is 6.35. The molecule has 0 spiro atoms. The highest BCUT2D eigenvalue weighted by molar-refractivity contribution is 7.85. The number of ether oxygens (including phenoxy) is 2. The van der Waals surface area contributed by atoms with E-state index in [-0.39, 0.29) is 24.3 Å². The topological polar surface area (TPSA) is 131 Å². The summed E-state index contributed by atoms with van der Waals surface area (Å²) in [6, 6.07) is 15.7. The number of unbranched alkanes of at least 4 members (excludes halogenated alkanes) is 1. The predicted molar refractivity (Wildman–Crippen MR) is 177 cm³/mol. The minimum absolute atomic E-state index is 0.102. The summed E-state index contributed by atoms with van der Waals surface area (Å²) in [7, 11) is 0.278. The van der Waals surface area contributed by atoms with Crippen molar-refractivity contribution in [1.82, 2.24) is 0 Å². The molecule has 46 heavy (non-hydrogen) atoms. The smallest absolute Gasteiger partial charge is 0.345 e. The number of quaternary nitrogens is 1. The predicted octanol–water partition coefficient (Wildman–Crippen LogP) is 5.74. The summed E-state index contributed by atoms with van der Waals surface area (Å²) in [6.45, 7) is 8.40. The largest absolute Gasteiger partial charge is 0.493 e. The van der Waals surface area contributed by atoms with Gasteiger partial charge in [-0.15, -0.1) is 0 Å². The van der Waals surface area contributed by atoms with Crippen molar-refractivity contribution in [3.05, 3.63) is 76.9 Å². The molecule has 0 bridgehead atoms. The van der Waals surface area contributed by atoms with Crippen LogP contribution in [-0.2, 0) is 16.7 Å². The maximum Gasteiger partial charge on any atom is 0.345 e. The molecule has 0 saturated carbocycles. The number of carbonyl (C=O) groups is 2. The van der Waals surface area contributed by atoms with Crippen LogP contribution in [0.1, 0.15) is 64.4 Å². The number of hydrogen-bond acceptors (Lipinski definition) is 6. The van der Waals surface area contributed by atoms with Gasteiger partial charge in [-0.2, -0.15) is 13.0 Å². The van der Waals surface area contributed by atoms with E-state index in [1.807, 2.05) is 47.0 Å². The molecule has 0 atom stereocenters. The van der Waals surface area contributed by atoms with E-state index < -0.39 is 27.8 Å². The van der Waals surface area contributed by atoms with Crippen molar-refractivity contribution in [3.63, 3.8) is 0 Å². The van der Waals surface area contributed by atoms with E-state index in [0.29, 0.717) is 50.9 Å². The van der Waals surface area contributed by atoms with Crippen LogP contribution >= 0.6 is 0 Å². The normalized spacial score (nSPS) is 12.0. The summed E-state index contributed by atoms with van der Waals surface area (Å²) in [5, 5.41) is 10.6. The van der Waals surface area contributed by atoms with E-state index in [1.54, 1.807) is 13.8 Å². The number of aryl methyl sites for hydroxylation is 3. The lowest BCUT2D eigenvalue weighted by molar-refractivity contribution is -0.890. The van der Waals surface area contributed by atoms with E-state index in [1.165, 1.54) is 18.6 Å². The minimum Gasteiger partial charge on any atom is -0.493 e. The van der Waals surface area contributed by atoms with Gasteiger partial charge >= 0.3 is 11.9 Å². The lowest BCUT2D eigenvalue weighted by Gasteiger charge is -2.29. The Bertz CT molecular complexity index is 1850. The zero-order valence-corrected chi connectivity index (χ0v) is 28.0. The Morgan fingerprint density at radius 1 is 0.891 bits per heavy atom. The zero-order chi connectivity index (χ0) is 33.6. The molecule has 10 nitrogen and oxygen atoms in total. The molecule has 1 aromatic heterocycles. The van der Waals surface area contributed by atoms with E-state index in [4.69, 9.17) is 9.47 Å². The molecule has 2 N–H and O–H groups in total. The fourth-order valence-electron chi connectivity index (χ4n) is 5.86. The first kappa shape index (κ1) is 34.8. The Morgan fingerprint density at radius 2 is 1.54 bits per heavy atom. The lowest BCUT2D eigenvalue weighted by atomic mass is 10.0. The molecule has 0 aliphatic heterocycles. The van der Waals surface area contributed by atoms with Gasteiger partial charge in [-0.25, -0.2) is 9.59 Å². The van der Waals surface area contributed by atoms with Crippen molar-refractivity contribution in [2.45, 2.75) is 53.0 Å². The number of para-hydroxylation sites is 1. The second-order valence-electron chi connectivity index (χ2n) is 12.4. The Morgan fingerprint density at radius 3 is 2.20 bits per heavy atom. The summed E-state index contributed by atoms with van der Waals surface area (Å²) in [5.74, 6) is -1.23. The summed E-state index contributed by atoms with van der Waals surface area (Å²) in [6.07, 6.45) is 3.32. The second kappa shape index (κ2) is 14.6. The molecular weight excluding hydrogens is 608 g/mol. The zero-order valence-electron chi connectivity index (χ0n) is 27.2. The summed E-state index contributed by atoms with van der Waals surface area (Å²) in [5.41, 5.74) is 2.79. The number of nitrogens with zero attached hydrogens (tertiary/aromatic N) is 2. The van der Waals surface area contributed by atoms with Crippen molar-refractivity contribution in [1.29, 1.82) is 0 Å². The number of aromatic carboxylic acids is 1. The third-order valence-corrected chi connectivity index (χ3v) is 8.98. The van der Waals surface area contributed by atoms with Crippen LogP contribution in [0.4, 0.5) is 0 Å². The van der Waals surface area contributed by atoms with Gasteiger partial charge in [0.2, 0.25) is 11.0 Å². The average Bonchev–Trinajstić information content (AvgIpc) is 2.99. The average molecular weight is 653 g/mol. The maximum absolute atomic E-state index is 14.1. The van der Waals surface area contributed by atoms with E-state index >= 15 is 0 Å². The van der Waals surface area contributed by atoms with Crippen LogP contribution in [0.15, 0.2) is 54.6 Å². The quantitative estimate of drug-likeness (QED) is 0.0316. The molecule has 0 radical (unpaired) electrons. The fraction of sp³-hybridized carbons (Fsp3) is 0.400. The highest BCUT2D eigenvalue weighted by Crippen LogP contribution is 2.32. The summed E-state index contributed by atoms with van der Waals surface area (Å²) >= 11 is 0. The first-order valence-electron chi connectivity index (χ1n) is 15.6. The molecule has 0 aliphatic carbocycles. The molecule has 0 amide bonds. The number of rotatable bonds is 15. The third-order valence-electron chi connectivity index (χ3n) is 8.18. The van der Waals surface area contributed by atoms with Gasteiger partial charge in [-0.3, -0.25) is 4.55 Å². The van der Waals surface area contributed by atoms with Crippen molar-refractivity contribution >= 4 is 43.9 Å². The first-order valence-corrected chi connectivity index (χ1v) is 17.2. The van der Waals surface area contributed by atoms with Gasteiger partial charge in [-0.1, -0.05) is 25.5 Å². The van der Waals surface area contributed by atoms with Crippen LogP contribution in [-0.4, -0.2) is 74.0 Å². The SMILES string of the molecule is CCCC[N+](C)(C)CCCOc1ccc2c(c1)c(C(=O)Oc1c(C)cc(C(=O)O)cc1C)c1ccccc1[n+]2CCCS(=O)(=O)O. The van der Waals surface area contributed by atoms with E-state index in [9.17, 15) is 27.7 Å². The van der Waals surface area contributed by atoms with Gasteiger partial charge in [0, 0.05) is 25.0 Å². The Labute approximate surface area is 270 Å². The van der Waals surface area contributed by atoms with Gasteiger partial charge in [0.15, 0.2) is 6.54 Å². The number of carboxylic acids is 1. The monoisotopic (exact) mass is 652 g/mol. The Kier molecular flexibility index (Phi) is 11.0. The van der Waals surface area contributed by atoms with Crippen molar-refractivity contribution < 1.29 is 46.2 Å². The van der Waals surface area contributed by atoms with Crippen molar-refractivity contribution in [2.75, 3.05) is 39.5 Å². The standard InChI is InChI=1S/C35H42N2O8S/c1-6-7-17-37(4,5)18-11-19-44-27-14-15-31-29(23-27)32(35(40)45-33-24(2)21-26(34(38)39)22-25(33)3)28-12-8-9-13-30(28)36(31)16-10-20-46(41,42)43/h8-9,12-15,21-23H,6-7,10-11,16-20H2,1-5H3/p+2. The molecule has 246 valence electrons. The van der Waals surface area contributed by atoms with Crippen molar-refractivity contribution in [2.24, 2.45) is 0 Å². The number of hydrogen-bond donors (Lipinski definition) is 2. The summed E-state index contributed by atoms with van der Waals surface area (Å²) in [4.78, 5) is 25.6. The van der Waals surface area contributed by atoms with Crippen LogP contribution in [0.2, 0.25) is 0 Å². The molecule has 0 unspecified atom stereocenters. The van der Waals surface area contributed by atoms with Gasteiger partial charge < -0.3 is 19.1 Å². The highest BCUT2D eigenvalue weighted by atomic mass is 32.2. The lowest BCUT2D eigenvalue weighted by Crippen LogP contribution is -2.41. The summed E-state index contributed by atoms with van der Waals surface area (Å²) < 4.78 is 47.4. The van der Waals surface area contributed by atoms with Gasteiger partial charge in [0.1, 0.15) is 11.5 Å². The maximum atomic E-state index is 14.1. The second-order valence-corrected chi connectivity index (χ2v) is 14.0. The molecule has 0 aliphatic rings. The number of aromatic nitrogens is 1. The van der Waals surface area contributed by atoms with E-state index in [0.717, 1.165) is 30.4 Å². The van der Waals surface area contributed by atoms with Gasteiger partial charge in [-0.05, 0) is 61.7 Å². The number of pyridine rings is 1. The molecule has 11 heteroatoms. The molecule has 4 rings (SSSR count). The van der Waals surface area contributed by atoms with Crippen LogP contribution in [0.5, 0.6) is 11.5 Å². The van der Waals surface area contributed by atoms with Crippen molar-refractivity contribution in [3.8, 4) is 11.5 Å². The van der Waals surface area contributed by atoms with Crippen LogP contribution < -0.4 is 14.0 Å². The highest BCUT2D eigenvalue weighted by Gasteiger charge is 2.27.